The Balaban J connectivity index is 1.44. The lowest BCUT2D eigenvalue weighted by molar-refractivity contribution is 0.107. The zero-order chi connectivity index (χ0) is 15.7. The summed E-state index contributed by atoms with van der Waals surface area (Å²) in [5, 5.41) is 0. The normalized spacial score (nSPS) is 27.7. The predicted molar refractivity (Wildman–Crippen MR) is 90.5 cm³/mol. The van der Waals surface area contributed by atoms with Gasteiger partial charge in [-0.2, -0.15) is 0 Å². The van der Waals surface area contributed by atoms with Crippen LogP contribution in [0.5, 0.6) is 0 Å². The smallest absolute Gasteiger partial charge is 0.225 e. The summed E-state index contributed by atoms with van der Waals surface area (Å²) in [6, 6.07) is 2.30. The first-order valence-electron chi connectivity index (χ1n) is 9.03. The zero-order valence-corrected chi connectivity index (χ0v) is 14.2. The molecule has 1 atom stereocenters. The van der Waals surface area contributed by atoms with E-state index in [4.69, 9.17) is 4.74 Å². The highest BCUT2D eigenvalue weighted by atomic mass is 16.5. The maximum Gasteiger partial charge on any atom is 0.225 e. The number of piperidine rings is 1. The monoisotopic (exact) mass is 316 g/mol. The number of hydrogen-bond donors (Lipinski definition) is 0. The maximum absolute atomic E-state index is 5.49. The van der Waals surface area contributed by atoms with Gasteiger partial charge in [0.1, 0.15) is 0 Å². The van der Waals surface area contributed by atoms with E-state index in [0.717, 1.165) is 25.0 Å². The minimum Gasteiger partial charge on any atom is -0.383 e. The highest BCUT2D eigenvalue weighted by molar-refractivity contribution is 5.35. The number of rotatable bonds is 5. The van der Waals surface area contributed by atoms with Crippen LogP contribution >= 0.6 is 0 Å². The third kappa shape index (κ3) is 3.36. The van der Waals surface area contributed by atoms with E-state index in [-0.39, 0.29) is 0 Å². The van der Waals surface area contributed by atoms with Crippen LogP contribution < -0.4 is 4.90 Å². The Morgan fingerprint density at radius 2 is 1.96 bits per heavy atom. The molecule has 0 N–H and O–H groups in total. The minimum atomic E-state index is 0.414. The molecule has 3 fully saturated rings. The summed E-state index contributed by atoms with van der Waals surface area (Å²) < 4.78 is 5.49. The Morgan fingerprint density at radius 3 is 2.61 bits per heavy atom. The van der Waals surface area contributed by atoms with Crippen molar-refractivity contribution in [1.82, 2.24) is 14.9 Å². The minimum absolute atomic E-state index is 0.414. The number of anilines is 1. The first-order chi connectivity index (χ1) is 11.3. The molecule has 3 aliphatic rings. The first kappa shape index (κ1) is 15.3. The van der Waals surface area contributed by atoms with Gasteiger partial charge in [0.05, 0.1) is 12.6 Å². The number of hydrogen-bond acceptors (Lipinski definition) is 5. The quantitative estimate of drug-likeness (QED) is 0.833. The highest BCUT2D eigenvalue weighted by Gasteiger charge is 2.46. The number of ether oxygens (including phenoxy) is 1. The summed E-state index contributed by atoms with van der Waals surface area (Å²) in [6.07, 6.45) is 10.4. The van der Waals surface area contributed by atoms with Gasteiger partial charge in [0.2, 0.25) is 5.95 Å². The van der Waals surface area contributed by atoms with Crippen LogP contribution in [0, 0.1) is 11.3 Å². The average molecular weight is 316 g/mol. The second-order valence-corrected chi connectivity index (χ2v) is 7.73. The van der Waals surface area contributed by atoms with Gasteiger partial charge in [-0.05, 0) is 62.6 Å². The van der Waals surface area contributed by atoms with Gasteiger partial charge < -0.3 is 14.5 Å². The summed E-state index contributed by atoms with van der Waals surface area (Å²) in [5.41, 5.74) is 0.433. The third-order valence-corrected chi connectivity index (χ3v) is 5.91. The average Bonchev–Trinajstić information content (AvgIpc) is 3.33. The van der Waals surface area contributed by atoms with Crippen molar-refractivity contribution in [2.24, 2.45) is 11.3 Å². The summed E-state index contributed by atoms with van der Waals surface area (Å²) >= 11 is 0. The van der Waals surface area contributed by atoms with Gasteiger partial charge in [0, 0.05) is 32.6 Å². The van der Waals surface area contributed by atoms with Gasteiger partial charge in [0.15, 0.2) is 0 Å². The molecule has 0 radical (unpaired) electrons. The number of aromatic nitrogens is 2. The van der Waals surface area contributed by atoms with E-state index in [9.17, 15) is 0 Å². The molecule has 4 rings (SSSR count). The molecule has 23 heavy (non-hydrogen) atoms. The van der Waals surface area contributed by atoms with Crippen LogP contribution in [0.3, 0.4) is 0 Å². The standard InChI is InChI=1S/C18H28N4O/c1-23-13-16-11-18(14-22(16)17-19-7-2-8-20-17)5-9-21(10-6-18)12-15-3-4-15/h2,7-8,15-16H,3-6,9-14H2,1H3/t16-/m1/s1. The molecule has 0 bridgehead atoms. The highest BCUT2D eigenvalue weighted by Crippen LogP contribution is 2.45. The lowest BCUT2D eigenvalue weighted by Gasteiger charge is -2.39. The van der Waals surface area contributed by atoms with Crippen LogP contribution in [0.25, 0.3) is 0 Å². The SMILES string of the molecule is COC[C@H]1CC2(CCN(CC3CC3)CC2)CN1c1ncccn1. The van der Waals surface area contributed by atoms with Crippen molar-refractivity contribution in [3.05, 3.63) is 18.5 Å². The second-order valence-electron chi connectivity index (χ2n) is 7.73. The molecular weight excluding hydrogens is 288 g/mol. The lowest BCUT2D eigenvalue weighted by Crippen LogP contribution is -2.42. The predicted octanol–water partition coefficient (Wildman–Crippen LogP) is 2.19. The van der Waals surface area contributed by atoms with E-state index in [1.54, 1.807) is 7.11 Å². The summed E-state index contributed by atoms with van der Waals surface area (Å²) in [4.78, 5) is 14.0. The second kappa shape index (κ2) is 6.36. The third-order valence-electron chi connectivity index (χ3n) is 5.91. The molecule has 1 aromatic heterocycles. The van der Waals surface area contributed by atoms with Crippen LogP contribution in [0.15, 0.2) is 18.5 Å². The van der Waals surface area contributed by atoms with E-state index in [2.05, 4.69) is 19.8 Å². The van der Waals surface area contributed by atoms with Crippen LogP contribution in [-0.4, -0.2) is 60.8 Å². The maximum atomic E-state index is 5.49. The van der Waals surface area contributed by atoms with Crippen molar-refractivity contribution in [3.63, 3.8) is 0 Å². The van der Waals surface area contributed by atoms with Crippen molar-refractivity contribution < 1.29 is 4.74 Å². The van der Waals surface area contributed by atoms with Crippen LogP contribution in [0.1, 0.15) is 32.1 Å². The van der Waals surface area contributed by atoms with Crippen LogP contribution in [0.2, 0.25) is 0 Å². The Kier molecular flexibility index (Phi) is 4.24. The molecule has 2 aliphatic heterocycles. The van der Waals surface area contributed by atoms with Gasteiger partial charge in [-0.3, -0.25) is 0 Å². The van der Waals surface area contributed by atoms with Crippen LogP contribution in [0.4, 0.5) is 5.95 Å². The molecule has 0 unspecified atom stereocenters. The number of likely N-dealkylation sites (tertiary alicyclic amines) is 1. The molecule has 3 heterocycles. The van der Waals surface area contributed by atoms with Gasteiger partial charge in [0.25, 0.3) is 0 Å². The molecule has 1 aliphatic carbocycles. The van der Waals surface area contributed by atoms with Crippen molar-refractivity contribution in [1.29, 1.82) is 0 Å². The van der Waals surface area contributed by atoms with Crippen molar-refractivity contribution in [2.75, 3.05) is 44.8 Å². The van der Waals surface area contributed by atoms with Crippen molar-refractivity contribution in [3.8, 4) is 0 Å². The van der Waals surface area contributed by atoms with E-state index in [1.807, 2.05) is 18.5 Å². The van der Waals surface area contributed by atoms with Gasteiger partial charge in [-0.15, -0.1) is 0 Å². The van der Waals surface area contributed by atoms with Crippen molar-refractivity contribution >= 4 is 5.95 Å². The Labute approximate surface area is 139 Å². The Hall–Kier alpha value is -1.20. The van der Waals surface area contributed by atoms with Gasteiger partial charge in [-0.25, -0.2) is 9.97 Å². The van der Waals surface area contributed by atoms with E-state index in [0.29, 0.717) is 11.5 Å². The molecular formula is C18H28N4O. The zero-order valence-electron chi connectivity index (χ0n) is 14.2. The molecule has 126 valence electrons. The molecule has 5 nitrogen and oxygen atoms in total. The fraction of sp³-hybridized carbons (Fsp3) is 0.778. The lowest BCUT2D eigenvalue weighted by atomic mass is 9.76. The fourth-order valence-electron chi connectivity index (χ4n) is 4.42. The summed E-state index contributed by atoms with van der Waals surface area (Å²) in [7, 11) is 1.80. The van der Waals surface area contributed by atoms with E-state index in [1.165, 1.54) is 51.7 Å². The van der Waals surface area contributed by atoms with Gasteiger partial charge in [-0.1, -0.05) is 0 Å². The molecule has 0 aromatic carbocycles. The Bertz CT molecular complexity index is 511. The topological polar surface area (TPSA) is 41.5 Å². The largest absolute Gasteiger partial charge is 0.383 e. The number of nitrogens with zero attached hydrogens (tertiary/aromatic N) is 4. The van der Waals surface area contributed by atoms with E-state index < -0.39 is 0 Å². The molecule has 5 heteroatoms. The van der Waals surface area contributed by atoms with Gasteiger partial charge >= 0.3 is 0 Å². The molecule has 2 saturated heterocycles. The van der Waals surface area contributed by atoms with Crippen LogP contribution in [-0.2, 0) is 4.74 Å². The number of methoxy groups -OCH3 is 1. The van der Waals surface area contributed by atoms with Crippen molar-refractivity contribution in [2.45, 2.75) is 38.1 Å². The molecule has 1 saturated carbocycles. The van der Waals surface area contributed by atoms with E-state index >= 15 is 0 Å². The fourth-order valence-corrected chi connectivity index (χ4v) is 4.42. The molecule has 1 spiro atoms. The molecule has 0 amide bonds. The first-order valence-corrected chi connectivity index (χ1v) is 9.03. The molecule has 1 aromatic rings. The summed E-state index contributed by atoms with van der Waals surface area (Å²) in [6.45, 7) is 5.72. The summed E-state index contributed by atoms with van der Waals surface area (Å²) in [5.74, 6) is 1.87. The Morgan fingerprint density at radius 1 is 1.22 bits per heavy atom.